The van der Waals surface area contributed by atoms with Gasteiger partial charge in [0.2, 0.25) is 5.88 Å². The highest BCUT2D eigenvalue weighted by Gasteiger charge is 2.02. The zero-order valence-electron chi connectivity index (χ0n) is 12.5. The van der Waals surface area contributed by atoms with Crippen LogP contribution >= 0.6 is 0 Å². The maximum Gasteiger partial charge on any atom is 0.219 e. The number of rotatable bonds is 4. The van der Waals surface area contributed by atoms with Crippen LogP contribution in [0.25, 0.3) is 0 Å². The molecule has 0 spiro atoms. The summed E-state index contributed by atoms with van der Waals surface area (Å²) >= 11 is 0. The fraction of sp³-hybridized carbons (Fsp3) is 0. The van der Waals surface area contributed by atoms with E-state index < -0.39 is 0 Å². The van der Waals surface area contributed by atoms with E-state index in [0.29, 0.717) is 34.3 Å². The molecule has 114 valence electrons. The van der Waals surface area contributed by atoms with E-state index in [9.17, 15) is 0 Å². The second kappa shape index (κ2) is 6.95. The smallest absolute Gasteiger partial charge is 0.219 e. The molecule has 0 aliphatic heterocycles. The van der Waals surface area contributed by atoms with E-state index >= 15 is 0 Å². The minimum atomic E-state index is 0.412. The third kappa shape index (κ3) is 3.68. The quantitative estimate of drug-likeness (QED) is 0.712. The number of pyridine rings is 1. The number of hydrogen-bond acceptors (Lipinski definition) is 5. The zero-order chi connectivity index (χ0) is 16.8. The lowest BCUT2D eigenvalue weighted by atomic mass is 10.2. The van der Waals surface area contributed by atoms with Crippen LogP contribution in [0.15, 0.2) is 66.9 Å². The number of nitrogens with zero attached hydrogens (tertiary/aromatic N) is 3. The first-order valence-electron chi connectivity index (χ1n) is 7.09. The predicted octanol–water partition coefficient (Wildman–Crippen LogP) is 4.41. The Labute approximate surface area is 139 Å². The fourth-order valence-electron chi connectivity index (χ4n) is 1.94. The van der Waals surface area contributed by atoms with E-state index in [1.807, 2.05) is 6.07 Å². The molecule has 24 heavy (non-hydrogen) atoms. The largest absolute Gasteiger partial charge is 0.457 e. The van der Waals surface area contributed by atoms with E-state index in [2.05, 4.69) is 11.1 Å². The van der Waals surface area contributed by atoms with Crippen molar-refractivity contribution in [3.8, 4) is 35.3 Å². The van der Waals surface area contributed by atoms with Gasteiger partial charge in [0.15, 0.2) is 0 Å². The summed E-state index contributed by atoms with van der Waals surface area (Å²) in [6.45, 7) is 0. The molecule has 0 saturated carbocycles. The van der Waals surface area contributed by atoms with Crippen molar-refractivity contribution in [1.82, 2.24) is 4.98 Å². The molecule has 2 aromatic carbocycles. The first-order valence-corrected chi connectivity index (χ1v) is 7.09. The second-order valence-corrected chi connectivity index (χ2v) is 4.81. The molecule has 0 aliphatic carbocycles. The Morgan fingerprint density at radius 3 is 1.62 bits per heavy atom. The van der Waals surface area contributed by atoms with E-state index in [4.69, 9.17) is 20.0 Å². The highest BCUT2D eigenvalue weighted by Crippen LogP contribution is 2.26. The first kappa shape index (κ1) is 15.1. The molecule has 3 aromatic rings. The van der Waals surface area contributed by atoms with Crippen LogP contribution in [0.4, 0.5) is 0 Å². The van der Waals surface area contributed by atoms with Gasteiger partial charge >= 0.3 is 0 Å². The van der Waals surface area contributed by atoms with Crippen molar-refractivity contribution in [2.24, 2.45) is 0 Å². The molecule has 0 amide bonds. The van der Waals surface area contributed by atoms with Crippen molar-refractivity contribution in [3.05, 3.63) is 78.0 Å². The summed E-state index contributed by atoms with van der Waals surface area (Å²) in [4.78, 5) is 4.05. The third-order valence-corrected chi connectivity index (χ3v) is 3.13. The molecule has 5 nitrogen and oxygen atoms in total. The van der Waals surface area contributed by atoms with Crippen molar-refractivity contribution in [2.45, 2.75) is 0 Å². The van der Waals surface area contributed by atoms with Gasteiger partial charge in [-0.3, -0.25) is 0 Å². The topological polar surface area (TPSA) is 78.9 Å². The molecule has 1 heterocycles. The number of hydrogen-bond donors (Lipinski definition) is 0. The highest BCUT2D eigenvalue weighted by molar-refractivity contribution is 5.39. The normalized spacial score (nSPS) is 9.58. The van der Waals surface area contributed by atoms with Crippen molar-refractivity contribution >= 4 is 0 Å². The van der Waals surface area contributed by atoms with Gasteiger partial charge in [-0.25, -0.2) is 4.98 Å². The maximum atomic E-state index is 8.77. The minimum Gasteiger partial charge on any atom is -0.457 e. The summed E-state index contributed by atoms with van der Waals surface area (Å²) in [5, 5.41) is 17.5. The fourth-order valence-corrected chi connectivity index (χ4v) is 1.94. The minimum absolute atomic E-state index is 0.412. The zero-order valence-corrected chi connectivity index (χ0v) is 12.5. The number of aromatic nitrogens is 1. The molecular weight excluding hydrogens is 302 g/mol. The van der Waals surface area contributed by atoms with Crippen molar-refractivity contribution < 1.29 is 9.47 Å². The molecule has 0 bridgehead atoms. The standard InChI is InChI=1S/C19H11N3O2/c20-11-14-1-4-16(5-2-14)23-17-6-8-18(9-7-17)24-19-10-3-15(12-21)13-22-19/h1-10,13H. The van der Waals surface area contributed by atoms with Crippen LogP contribution in [0.3, 0.4) is 0 Å². The van der Waals surface area contributed by atoms with Gasteiger partial charge < -0.3 is 9.47 Å². The van der Waals surface area contributed by atoms with Crippen LogP contribution in [0, 0.1) is 22.7 Å². The predicted molar refractivity (Wildman–Crippen MR) is 86.7 cm³/mol. The Bertz CT molecular complexity index is 825. The molecule has 0 saturated heterocycles. The lowest BCUT2D eigenvalue weighted by molar-refractivity contribution is 0.456. The van der Waals surface area contributed by atoms with Gasteiger partial charge in [-0.1, -0.05) is 0 Å². The molecule has 0 atom stereocenters. The Kier molecular flexibility index (Phi) is 4.37. The van der Waals surface area contributed by atoms with E-state index in [1.54, 1.807) is 60.7 Å². The molecule has 0 radical (unpaired) electrons. The molecule has 1 aromatic heterocycles. The average molecular weight is 313 g/mol. The van der Waals surface area contributed by atoms with Crippen LogP contribution in [-0.4, -0.2) is 4.98 Å². The Balaban J connectivity index is 1.66. The molecule has 0 aliphatic rings. The van der Waals surface area contributed by atoms with Crippen LogP contribution < -0.4 is 9.47 Å². The van der Waals surface area contributed by atoms with Crippen LogP contribution in [0.2, 0.25) is 0 Å². The van der Waals surface area contributed by atoms with Gasteiger partial charge in [-0.2, -0.15) is 10.5 Å². The average Bonchev–Trinajstić information content (AvgIpc) is 2.65. The van der Waals surface area contributed by atoms with Crippen LogP contribution in [-0.2, 0) is 0 Å². The van der Waals surface area contributed by atoms with Crippen LogP contribution in [0.1, 0.15) is 11.1 Å². The molecule has 0 unspecified atom stereocenters. The summed E-state index contributed by atoms with van der Waals surface area (Å²) in [6, 6.07) is 21.3. The highest BCUT2D eigenvalue weighted by atomic mass is 16.5. The van der Waals surface area contributed by atoms with Gasteiger partial charge in [0.25, 0.3) is 0 Å². The molecule has 3 rings (SSSR count). The van der Waals surface area contributed by atoms with E-state index in [-0.39, 0.29) is 0 Å². The lowest BCUT2D eigenvalue weighted by Gasteiger charge is -2.08. The third-order valence-electron chi connectivity index (χ3n) is 3.13. The summed E-state index contributed by atoms with van der Waals surface area (Å²) in [5.74, 6) is 2.32. The van der Waals surface area contributed by atoms with Gasteiger partial charge in [0, 0.05) is 12.3 Å². The lowest BCUT2D eigenvalue weighted by Crippen LogP contribution is -1.89. The summed E-state index contributed by atoms with van der Waals surface area (Å²) < 4.78 is 11.3. The van der Waals surface area contributed by atoms with Gasteiger partial charge in [-0.05, 0) is 54.6 Å². The number of nitriles is 2. The monoisotopic (exact) mass is 313 g/mol. The first-order chi connectivity index (χ1) is 11.8. The van der Waals surface area contributed by atoms with Crippen molar-refractivity contribution in [2.75, 3.05) is 0 Å². The second-order valence-electron chi connectivity index (χ2n) is 4.81. The summed E-state index contributed by atoms with van der Waals surface area (Å²) in [7, 11) is 0. The number of ether oxygens (including phenoxy) is 2. The van der Waals surface area contributed by atoms with E-state index in [0.717, 1.165) is 0 Å². The Morgan fingerprint density at radius 1 is 0.625 bits per heavy atom. The maximum absolute atomic E-state index is 8.77. The number of benzene rings is 2. The molecule has 0 N–H and O–H groups in total. The van der Waals surface area contributed by atoms with Crippen LogP contribution in [0.5, 0.6) is 23.1 Å². The van der Waals surface area contributed by atoms with Gasteiger partial charge in [0.1, 0.15) is 23.3 Å². The SMILES string of the molecule is N#Cc1ccc(Oc2ccc(Oc3ccc(C#N)cn3)cc2)cc1. The Hall–Kier alpha value is -3.83. The molecule has 5 heteroatoms. The van der Waals surface area contributed by atoms with Crippen molar-refractivity contribution in [1.29, 1.82) is 10.5 Å². The van der Waals surface area contributed by atoms with Crippen molar-refractivity contribution in [3.63, 3.8) is 0 Å². The van der Waals surface area contributed by atoms with Gasteiger partial charge in [-0.15, -0.1) is 0 Å². The molecule has 0 fully saturated rings. The van der Waals surface area contributed by atoms with Gasteiger partial charge in [0.05, 0.1) is 17.2 Å². The Morgan fingerprint density at radius 2 is 1.12 bits per heavy atom. The summed E-state index contributed by atoms with van der Waals surface area (Å²) in [6.07, 6.45) is 1.46. The summed E-state index contributed by atoms with van der Waals surface area (Å²) in [5.41, 5.74) is 1.06. The molecular formula is C19H11N3O2. The van der Waals surface area contributed by atoms with E-state index in [1.165, 1.54) is 6.20 Å².